The van der Waals surface area contributed by atoms with E-state index >= 15 is 0 Å². The molecule has 1 atom stereocenters. The number of amides is 2. The van der Waals surface area contributed by atoms with E-state index in [-0.39, 0.29) is 24.5 Å². The van der Waals surface area contributed by atoms with Crippen LogP contribution in [0.3, 0.4) is 0 Å². The zero-order chi connectivity index (χ0) is 19.4. The van der Waals surface area contributed by atoms with Gasteiger partial charge in [-0.25, -0.2) is 0 Å². The molecular formula is C21H23ClN2O3. The molecule has 142 valence electrons. The normalized spacial score (nSPS) is 17.3. The van der Waals surface area contributed by atoms with Gasteiger partial charge < -0.3 is 15.0 Å². The third-order valence-electron chi connectivity index (χ3n) is 4.60. The van der Waals surface area contributed by atoms with Gasteiger partial charge in [0.05, 0.1) is 12.6 Å². The zero-order valence-corrected chi connectivity index (χ0v) is 16.2. The molecule has 0 radical (unpaired) electrons. The molecule has 5 nitrogen and oxygen atoms in total. The fraction of sp³-hybridized carbons (Fsp3) is 0.333. The van der Waals surface area contributed by atoms with Gasteiger partial charge in [0.2, 0.25) is 0 Å². The van der Waals surface area contributed by atoms with Gasteiger partial charge in [-0.2, -0.15) is 0 Å². The summed E-state index contributed by atoms with van der Waals surface area (Å²) in [5.74, 6) is 0.169. The highest BCUT2D eigenvalue weighted by molar-refractivity contribution is 6.30. The van der Waals surface area contributed by atoms with E-state index in [4.69, 9.17) is 16.3 Å². The van der Waals surface area contributed by atoms with E-state index in [1.165, 1.54) is 5.56 Å². The maximum Gasteiger partial charge on any atom is 0.253 e. The molecule has 3 rings (SSSR count). The Labute approximate surface area is 164 Å². The first-order valence-corrected chi connectivity index (χ1v) is 9.37. The number of carbonyl (C=O) groups is 2. The van der Waals surface area contributed by atoms with Gasteiger partial charge >= 0.3 is 0 Å². The highest BCUT2D eigenvalue weighted by Gasteiger charge is 2.27. The first-order valence-electron chi connectivity index (χ1n) is 8.99. The monoisotopic (exact) mass is 386 g/mol. The summed E-state index contributed by atoms with van der Waals surface area (Å²) in [7, 11) is 0. The molecule has 2 amide bonds. The summed E-state index contributed by atoms with van der Waals surface area (Å²) in [4.78, 5) is 26.2. The van der Waals surface area contributed by atoms with Crippen LogP contribution in [0.1, 0.15) is 35.7 Å². The zero-order valence-electron chi connectivity index (χ0n) is 15.4. The largest absolute Gasteiger partial charge is 0.365 e. The lowest BCUT2D eigenvalue weighted by molar-refractivity contribution is -0.129. The smallest absolute Gasteiger partial charge is 0.253 e. The van der Waals surface area contributed by atoms with E-state index in [1.807, 2.05) is 24.3 Å². The molecule has 1 aliphatic rings. The van der Waals surface area contributed by atoms with Crippen molar-refractivity contribution in [2.75, 3.05) is 24.6 Å². The molecule has 1 unspecified atom stereocenters. The van der Waals surface area contributed by atoms with Crippen molar-refractivity contribution in [1.82, 2.24) is 5.32 Å². The highest BCUT2D eigenvalue weighted by Crippen LogP contribution is 2.21. The molecule has 1 heterocycles. The van der Waals surface area contributed by atoms with Crippen molar-refractivity contribution in [1.29, 1.82) is 0 Å². The van der Waals surface area contributed by atoms with Crippen LogP contribution in [0.5, 0.6) is 0 Å². The quantitative estimate of drug-likeness (QED) is 0.853. The maximum absolute atomic E-state index is 12.4. The van der Waals surface area contributed by atoms with Gasteiger partial charge in [-0.3, -0.25) is 9.59 Å². The fourth-order valence-corrected chi connectivity index (χ4v) is 3.07. The van der Waals surface area contributed by atoms with E-state index in [0.717, 1.165) is 5.69 Å². The minimum Gasteiger partial charge on any atom is -0.365 e. The Bertz CT molecular complexity index is 803. The van der Waals surface area contributed by atoms with Gasteiger partial charge in [-0.1, -0.05) is 37.6 Å². The van der Waals surface area contributed by atoms with Crippen LogP contribution in [0.15, 0.2) is 48.5 Å². The summed E-state index contributed by atoms with van der Waals surface area (Å²) in [5.41, 5.74) is 2.58. The van der Waals surface area contributed by atoms with Crippen LogP contribution < -0.4 is 10.2 Å². The predicted octanol–water partition coefficient (Wildman–Crippen LogP) is 3.63. The van der Waals surface area contributed by atoms with Gasteiger partial charge in [-0.05, 0) is 47.9 Å². The van der Waals surface area contributed by atoms with Gasteiger partial charge in [0.25, 0.3) is 11.8 Å². The lowest BCUT2D eigenvalue weighted by Crippen LogP contribution is -2.50. The standard InChI is InChI=1S/C21H23ClN2O3/c1-14(2)15-3-5-16(6-4-15)21(26)23-11-19-12-24(20(25)13-27-19)18-9-7-17(22)8-10-18/h3-10,14,19H,11-13H2,1-2H3,(H,23,26). The molecule has 27 heavy (non-hydrogen) atoms. The van der Waals surface area contributed by atoms with E-state index < -0.39 is 0 Å². The second-order valence-corrected chi connectivity index (χ2v) is 7.34. The molecular weight excluding hydrogens is 364 g/mol. The number of hydrogen-bond donors (Lipinski definition) is 1. The Morgan fingerprint density at radius 3 is 2.48 bits per heavy atom. The van der Waals surface area contributed by atoms with Gasteiger partial charge in [-0.15, -0.1) is 0 Å². The molecule has 0 saturated carbocycles. The van der Waals surface area contributed by atoms with Crippen LogP contribution in [-0.4, -0.2) is 37.6 Å². The Morgan fingerprint density at radius 2 is 1.85 bits per heavy atom. The first kappa shape index (κ1) is 19.4. The Hall–Kier alpha value is -2.37. The number of halogens is 1. The van der Waals surface area contributed by atoms with Crippen molar-refractivity contribution >= 4 is 29.1 Å². The van der Waals surface area contributed by atoms with Crippen LogP contribution in [-0.2, 0) is 9.53 Å². The van der Waals surface area contributed by atoms with Crippen LogP contribution in [0.4, 0.5) is 5.69 Å². The lowest BCUT2D eigenvalue weighted by atomic mass is 10.0. The summed E-state index contributed by atoms with van der Waals surface area (Å²) < 4.78 is 5.57. The van der Waals surface area contributed by atoms with Crippen molar-refractivity contribution < 1.29 is 14.3 Å². The lowest BCUT2D eigenvalue weighted by Gasteiger charge is -2.32. The molecule has 1 aliphatic heterocycles. The predicted molar refractivity (Wildman–Crippen MR) is 106 cm³/mol. The first-order chi connectivity index (χ1) is 12.9. The van der Waals surface area contributed by atoms with Gasteiger partial charge in [0.15, 0.2) is 0 Å². The minimum absolute atomic E-state index is 0.00769. The number of anilines is 1. The third kappa shape index (κ3) is 4.87. The summed E-state index contributed by atoms with van der Waals surface area (Å²) in [6, 6.07) is 14.7. The average Bonchev–Trinajstić information content (AvgIpc) is 2.68. The molecule has 1 saturated heterocycles. The number of morpholine rings is 1. The Balaban J connectivity index is 1.58. The topological polar surface area (TPSA) is 58.6 Å². The number of benzene rings is 2. The van der Waals surface area contributed by atoms with Crippen LogP contribution in [0.25, 0.3) is 0 Å². The van der Waals surface area contributed by atoms with Crippen molar-refractivity contribution in [3.05, 3.63) is 64.7 Å². The third-order valence-corrected chi connectivity index (χ3v) is 4.85. The van der Waals surface area contributed by atoms with Gasteiger partial charge in [0, 0.05) is 22.8 Å². The molecule has 2 aromatic rings. The van der Waals surface area contributed by atoms with Crippen molar-refractivity contribution in [3.8, 4) is 0 Å². The molecule has 0 aliphatic carbocycles. The van der Waals surface area contributed by atoms with E-state index in [0.29, 0.717) is 29.6 Å². The molecule has 6 heteroatoms. The number of hydrogen-bond acceptors (Lipinski definition) is 3. The van der Waals surface area contributed by atoms with E-state index in [1.54, 1.807) is 29.2 Å². The minimum atomic E-state index is -0.266. The SMILES string of the molecule is CC(C)c1ccc(C(=O)NCC2CN(c3ccc(Cl)cc3)C(=O)CO2)cc1. The second-order valence-electron chi connectivity index (χ2n) is 6.90. The fourth-order valence-electron chi connectivity index (χ4n) is 2.95. The van der Waals surface area contributed by atoms with E-state index in [9.17, 15) is 9.59 Å². The molecule has 1 N–H and O–H groups in total. The summed E-state index contributed by atoms with van der Waals surface area (Å²) in [6.07, 6.45) is -0.266. The number of ether oxygens (including phenoxy) is 1. The Morgan fingerprint density at radius 1 is 1.19 bits per heavy atom. The van der Waals surface area contributed by atoms with Crippen LogP contribution >= 0.6 is 11.6 Å². The average molecular weight is 387 g/mol. The van der Waals surface area contributed by atoms with Crippen LogP contribution in [0, 0.1) is 0 Å². The van der Waals surface area contributed by atoms with Gasteiger partial charge in [0.1, 0.15) is 6.61 Å². The Kier molecular flexibility index (Phi) is 6.14. The molecule has 0 bridgehead atoms. The maximum atomic E-state index is 12.4. The number of rotatable bonds is 5. The summed E-state index contributed by atoms with van der Waals surface area (Å²) >= 11 is 5.91. The summed E-state index contributed by atoms with van der Waals surface area (Å²) in [6.45, 7) is 4.94. The summed E-state index contributed by atoms with van der Waals surface area (Å²) in [5, 5.41) is 3.51. The highest BCUT2D eigenvalue weighted by atomic mass is 35.5. The molecule has 0 spiro atoms. The molecule has 1 fully saturated rings. The van der Waals surface area contributed by atoms with Crippen molar-refractivity contribution in [2.24, 2.45) is 0 Å². The van der Waals surface area contributed by atoms with Crippen molar-refractivity contribution in [2.45, 2.75) is 25.9 Å². The molecule has 0 aromatic heterocycles. The number of carbonyl (C=O) groups excluding carboxylic acids is 2. The number of nitrogens with one attached hydrogen (secondary N) is 1. The second kappa shape index (κ2) is 8.55. The molecule has 2 aromatic carbocycles. The van der Waals surface area contributed by atoms with Crippen molar-refractivity contribution in [3.63, 3.8) is 0 Å². The number of nitrogens with zero attached hydrogens (tertiary/aromatic N) is 1. The van der Waals surface area contributed by atoms with Crippen LogP contribution in [0.2, 0.25) is 5.02 Å². The van der Waals surface area contributed by atoms with E-state index in [2.05, 4.69) is 19.2 Å².